The van der Waals surface area contributed by atoms with Crippen molar-refractivity contribution in [1.82, 2.24) is 9.80 Å². The quantitative estimate of drug-likeness (QED) is 0.896. The van der Waals surface area contributed by atoms with Crippen LogP contribution in [0.25, 0.3) is 0 Å². The fourth-order valence-corrected chi connectivity index (χ4v) is 2.62. The third kappa shape index (κ3) is 4.47. The van der Waals surface area contributed by atoms with Gasteiger partial charge in [-0.3, -0.25) is 9.69 Å². The Morgan fingerprint density at radius 3 is 2.75 bits per heavy atom. The van der Waals surface area contributed by atoms with Crippen molar-refractivity contribution in [3.63, 3.8) is 0 Å². The first kappa shape index (κ1) is 17.0. The molecule has 1 aromatic carbocycles. The molecule has 4 nitrogen and oxygen atoms in total. The maximum absolute atomic E-state index is 11.8. The van der Waals surface area contributed by atoms with Crippen LogP contribution in [-0.2, 0) is 11.3 Å². The fourth-order valence-electron chi connectivity index (χ4n) is 2.62. The third-order valence-corrected chi connectivity index (χ3v) is 3.80. The van der Waals surface area contributed by atoms with Crippen LogP contribution < -0.4 is 5.73 Å². The highest BCUT2D eigenvalue weighted by Crippen LogP contribution is 2.17. The molecule has 112 valence electrons. The van der Waals surface area contributed by atoms with Crippen molar-refractivity contribution in [2.45, 2.75) is 25.4 Å². The third-order valence-electron chi connectivity index (χ3n) is 3.80. The first-order valence-corrected chi connectivity index (χ1v) is 6.92. The van der Waals surface area contributed by atoms with Gasteiger partial charge in [0.2, 0.25) is 5.91 Å². The highest BCUT2D eigenvalue weighted by atomic mass is 35.5. The maximum Gasteiger partial charge on any atom is 0.223 e. The van der Waals surface area contributed by atoms with Crippen LogP contribution in [0.4, 0.5) is 0 Å². The van der Waals surface area contributed by atoms with Gasteiger partial charge >= 0.3 is 0 Å². The number of likely N-dealkylation sites (tertiary alicyclic amines) is 1. The molecule has 0 saturated carbocycles. The van der Waals surface area contributed by atoms with E-state index in [0.29, 0.717) is 19.0 Å². The van der Waals surface area contributed by atoms with E-state index in [1.807, 2.05) is 18.0 Å². The molecule has 1 aliphatic heterocycles. The van der Waals surface area contributed by atoms with E-state index in [4.69, 9.17) is 5.73 Å². The number of nitrogens with two attached hydrogens (primary N) is 1. The molecular formula is C15H24ClN3O. The number of halogens is 1. The number of hydrogen-bond donors (Lipinski definition) is 1. The zero-order valence-electron chi connectivity index (χ0n) is 12.0. The van der Waals surface area contributed by atoms with Gasteiger partial charge in [-0.05, 0) is 12.0 Å². The molecule has 1 atom stereocenters. The second-order valence-electron chi connectivity index (χ2n) is 5.21. The Morgan fingerprint density at radius 1 is 1.40 bits per heavy atom. The molecule has 1 aromatic rings. The van der Waals surface area contributed by atoms with Crippen molar-refractivity contribution < 1.29 is 4.79 Å². The monoisotopic (exact) mass is 297 g/mol. The molecular weight excluding hydrogens is 274 g/mol. The number of hydrogen-bond acceptors (Lipinski definition) is 3. The van der Waals surface area contributed by atoms with Gasteiger partial charge in [0, 0.05) is 45.7 Å². The summed E-state index contributed by atoms with van der Waals surface area (Å²) in [6.07, 6.45) is 1.51. The number of nitrogens with zero attached hydrogens (tertiary/aromatic N) is 2. The molecule has 5 heteroatoms. The van der Waals surface area contributed by atoms with Gasteiger partial charge in [-0.1, -0.05) is 30.3 Å². The van der Waals surface area contributed by atoms with Gasteiger partial charge in [-0.15, -0.1) is 12.4 Å². The molecule has 0 radical (unpaired) electrons. The Morgan fingerprint density at radius 2 is 2.10 bits per heavy atom. The molecule has 0 aromatic heterocycles. The van der Waals surface area contributed by atoms with Gasteiger partial charge in [-0.25, -0.2) is 0 Å². The van der Waals surface area contributed by atoms with Crippen molar-refractivity contribution in [2.75, 3.05) is 26.7 Å². The first-order chi connectivity index (χ1) is 9.20. The fraction of sp³-hybridized carbons (Fsp3) is 0.533. The topological polar surface area (TPSA) is 49.6 Å². The second-order valence-corrected chi connectivity index (χ2v) is 5.21. The summed E-state index contributed by atoms with van der Waals surface area (Å²) in [6, 6.07) is 10.8. The Kier molecular flexibility index (Phi) is 6.99. The number of carbonyl (C=O) groups excluding carboxylic acids is 1. The summed E-state index contributed by atoms with van der Waals surface area (Å²) in [5, 5.41) is 0. The molecule has 20 heavy (non-hydrogen) atoms. The molecule has 0 bridgehead atoms. The largest absolute Gasteiger partial charge is 0.341 e. The summed E-state index contributed by atoms with van der Waals surface area (Å²) in [5.41, 5.74) is 6.77. The number of likely N-dealkylation sites (N-methyl/N-ethyl adjacent to an activating group) is 1. The average Bonchev–Trinajstić information content (AvgIpc) is 2.88. The van der Waals surface area contributed by atoms with E-state index in [9.17, 15) is 4.79 Å². The molecule has 1 fully saturated rings. The van der Waals surface area contributed by atoms with E-state index in [1.54, 1.807) is 0 Å². The van der Waals surface area contributed by atoms with Crippen molar-refractivity contribution in [2.24, 2.45) is 5.73 Å². The number of benzene rings is 1. The van der Waals surface area contributed by atoms with E-state index in [0.717, 1.165) is 26.1 Å². The standard InChI is InChI=1S/C15H23N3O.ClH/c1-17(15(19)7-9-16)14-8-10-18(12-14)11-13-5-3-2-4-6-13;/h2-6,14H,7-12,16H2,1H3;1H. The lowest BCUT2D eigenvalue weighted by Crippen LogP contribution is -2.39. The van der Waals surface area contributed by atoms with Gasteiger partial charge in [0.25, 0.3) is 0 Å². The van der Waals surface area contributed by atoms with Crippen LogP contribution in [0.3, 0.4) is 0 Å². The summed E-state index contributed by atoms with van der Waals surface area (Å²) in [6.45, 7) is 3.42. The minimum absolute atomic E-state index is 0. The normalized spacial score (nSPS) is 18.6. The highest BCUT2D eigenvalue weighted by molar-refractivity contribution is 5.85. The maximum atomic E-state index is 11.8. The van der Waals surface area contributed by atoms with E-state index < -0.39 is 0 Å². The van der Waals surface area contributed by atoms with Gasteiger partial charge in [0.1, 0.15) is 0 Å². The average molecular weight is 298 g/mol. The molecule has 0 aliphatic carbocycles. The van der Waals surface area contributed by atoms with Crippen molar-refractivity contribution in [3.05, 3.63) is 35.9 Å². The van der Waals surface area contributed by atoms with E-state index in [2.05, 4.69) is 29.2 Å². The molecule has 2 N–H and O–H groups in total. The van der Waals surface area contributed by atoms with Gasteiger partial charge < -0.3 is 10.6 Å². The highest BCUT2D eigenvalue weighted by Gasteiger charge is 2.27. The summed E-state index contributed by atoms with van der Waals surface area (Å²) in [4.78, 5) is 16.1. The lowest BCUT2D eigenvalue weighted by Gasteiger charge is -2.25. The Hall–Kier alpha value is -1.10. The zero-order valence-corrected chi connectivity index (χ0v) is 12.8. The SMILES string of the molecule is CN(C(=O)CCN)C1CCN(Cc2ccccc2)C1.Cl. The molecule has 1 saturated heterocycles. The molecule has 1 heterocycles. The van der Waals surface area contributed by atoms with Crippen molar-refractivity contribution >= 4 is 18.3 Å². The lowest BCUT2D eigenvalue weighted by atomic mass is 10.2. The number of rotatable bonds is 5. The molecule has 1 unspecified atom stereocenters. The van der Waals surface area contributed by atoms with Crippen LogP contribution in [0.15, 0.2) is 30.3 Å². The van der Waals surface area contributed by atoms with Crippen LogP contribution in [0.2, 0.25) is 0 Å². The summed E-state index contributed by atoms with van der Waals surface area (Å²) >= 11 is 0. The first-order valence-electron chi connectivity index (χ1n) is 6.92. The lowest BCUT2D eigenvalue weighted by molar-refractivity contribution is -0.131. The summed E-state index contributed by atoms with van der Waals surface area (Å²) in [7, 11) is 1.90. The van der Waals surface area contributed by atoms with Crippen molar-refractivity contribution in [3.8, 4) is 0 Å². The van der Waals surface area contributed by atoms with Crippen LogP contribution >= 0.6 is 12.4 Å². The van der Waals surface area contributed by atoms with E-state index in [1.165, 1.54) is 5.56 Å². The Bertz CT molecular complexity index is 413. The van der Waals surface area contributed by atoms with Crippen LogP contribution in [0.1, 0.15) is 18.4 Å². The smallest absolute Gasteiger partial charge is 0.223 e. The number of carbonyl (C=O) groups is 1. The van der Waals surface area contributed by atoms with Gasteiger partial charge in [0.15, 0.2) is 0 Å². The Balaban J connectivity index is 0.00000200. The predicted molar refractivity (Wildman–Crippen MR) is 83.8 cm³/mol. The second kappa shape index (κ2) is 8.25. The summed E-state index contributed by atoms with van der Waals surface area (Å²) < 4.78 is 0. The van der Waals surface area contributed by atoms with E-state index >= 15 is 0 Å². The van der Waals surface area contributed by atoms with Crippen molar-refractivity contribution in [1.29, 1.82) is 0 Å². The number of amides is 1. The van der Waals surface area contributed by atoms with E-state index in [-0.39, 0.29) is 18.3 Å². The minimum Gasteiger partial charge on any atom is -0.341 e. The molecule has 1 amide bonds. The predicted octanol–water partition coefficient (Wildman–Crippen LogP) is 1.49. The van der Waals surface area contributed by atoms with Crippen LogP contribution in [0.5, 0.6) is 0 Å². The zero-order chi connectivity index (χ0) is 13.7. The Labute approximate surface area is 127 Å². The minimum atomic E-state index is 0. The van der Waals surface area contributed by atoms with Crippen LogP contribution in [0, 0.1) is 0 Å². The van der Waals surface area contributed by atoms with Gasteiger partial charge in [-0.2, -0.15) is 0 Å². The van der Waals surface area contributed by atoms with Gasteiger partial charge in [0.05, 0.1) is 0 Å². The molecule has 0 spiro atoms. The summed E-state index contributed by atoms with van der Waals surface area (Å²) in [5.74, 6) is 0.161. The molecule has 2 rings (SSSR count). The molecule has 1 aliphatic rings. The van der Waals surface area contributed by atoms with Crippen LogP contribution in [-0.4, -0.2) is 48.4 Å².